The Bertz CT molecular complexity index is 615. The molecule has 150 valence electrons. The van der Waals surface area contributed by atoms with Gasteiger partial charge in [0.25, 0.3) is 0 Å². The maximum atomic E-state index is 11.7. The highest BCUT2D eigenvalue weighted by molar-refractivity contribution is 5.25. The molecule has 6 nitrogen and oxygen atoms in total. The van der Waals surface area contributed by atoms with Gasteiger partial charge >= 0.3 is 0 Å². The number of aliphatic hydroxyl groups excluding tert-OH is 3. The van der Waals surface area contributed by atoms with Crippen molar-refractivity contribution in [1.29, 1.82) is 0 Å². The van der Waals surface area contributed by atoms with Crippen LogP contribution >= 0.6 is 0 Å². The SMILES string of the molecule is CC1(C)[C@H](O)C[C@H]2[C@](C)(O)[C@@H]3CCC4[C@H](O)C3(C[C@H](O)[C@@]21O)C[C@@]4(C)O. The van der Waals surface area contributed by atoms with Crippen LogP contribution in [0.15, 0.2) is 0 Å². The summed E-state index contributed by atoms with van der Waals surface area (Å²) >= 11 is 0. The van der Waals surface area contributed by atoms with Crippen molar-refractivity contribution in [3.63, 3.8) is 0 Å². The summed E-state index contributed by atoms with van der Waals surface area (Å²) < 4.78 is 0. The average Bonchev–Trinajstić information content (AvgIpc) is 2.72. The average molecular weight is 370 g/mol. The molecule has 0 aromatic carbocycles. The van der Waals surface area contributed by atoms with Gasteiger partial charge in [-0.05, 0) is 51.9 Å². The summed E-state index contributed by atoms with van der Waals surface area (Å²) in [5, 5.41) is 67.1. The molecule has 4 saturated carbocycles. The molecule has 0 aliphatic heterocycles. The third kappa shape index (κ3) is 1.89. The van der Waals surface area contributed by atoms with Crippen LogP contribution < -0.4 is 0 Å². The second kappa shape index (κ2) is 5.02. The molecule has 1 spiro atoms. The van der Waals surface area contributed by atoms with Crippen molar-refractivity contribution in [1.82, 2.24) is 0 Å². The van der Waals surface area contributed by atoms with Crippen molar-refractivity contribution in [2.75, 3.05) is 0 Å². The van der Waals surface area contributed by atoms with Crippen LogP contribution in [0.1, 0.15) is 59.8 Å². The quantitative estimate of drug-likeness (QED) is 0.361. The summed E-state index contributed by atoms with van der Waals surface area (Å²) in [7, 11) is 0. The molecule has 0 amide bonds. The summed E-state index contributed by atoms with van der Waals surface area (Å²) in [5.41, 5.74) is -5.91. The van der Waals surface area contributed by atoms with E-state index in [1.54, 1.807) is 27.7 Å². The third-order valence-electron chi connectivity index (χ3n) is 9.26. The van der Waals surface area contributed by atoms with Gasteiger partial charge in [0.05, 0.1) is 29.5 Å². The molecule has 4 rings (SSSR count). The van der Waals surface area contributed by atoms with Gasteiger partial charge in [-0.25, -0.2) is 0 Å². The Balaban J connectivity index is 1.89. The lowest BCUT2D eigenvalue weighted by Crippen LogP contribution is -2.60. The van der Waals surface area contributed by atoms with Crippen LogP contribution in [-0.2, 0) is 0 Å². The molecule has 4 fully saturated rings. The van der Waals surface area contributed by atoms with Crippen molar-refractivity contribution < 1.29 is 30.6 Å². The summed E-state index contributed by atoms with van der Waals surface area (Å²) in [6.07, 6.45) is -1.01. The molecule has 2 unspecified atom stereocenters. The summed E-state index contributed by atoms with van der Waals surface area (Å²) in [4.78, 5) is 0. The third-order valence-corrected chi connectivity index (χ3v) is 9.26. The number of hydrogen-bond acceptors (Lipinski definition) is 6. The van der Waals surface area contributed by atoms with Gasteiger partial charge in [0, 0.05) is 22.7 Å². The zero-order chi connectivity index (χ0) is 19.5. The minimum atomic E-state index is -1.66. The number of hydrogen-bond donors (Lipinski definition) is 6. The minimum absolute atomic E-state index is 0.116. The van der Waals surface area contributed by atoms with E-state index in [1.165, 1.54) is 0 Å². The zero-order valence-corrected chi connectivity index (χ0v) is 16.2. The maximum Gasteiger partial charge on any atom is 0.104 e. The Morgan fingerprint density at radius 1 is 0.808 bits per heavy atom. The van der Waals surface area contributed by atoms with E-state index >= 15 is 0 Å². The van der Waals surface area contributed by atoms with E-state index in [-0.39, 0.29) is 24.7 Å². The largest absolute Gasteiger partial charge is 0.392 e. The lowest BCUT2D eigenvalue weighted by molar-refractivity contribution is -0.201. The number of aliphatic hydroxyl groups is 6. The first-order valence-corrected chi connectivity index (χ1v) is 9.94. The summed E-state index contributed by atoms with van der Waals surface area (Å²) in [5.74, 6) is -1.34. The van der Waals surface area contributed by atoms with Gasteiger partial charge in [-0.1, -0.05) is 13.8 Å². The van der Waals surface area contributed by atoms with Crippen molar-refractivity contribution in [3.05, 3.63) is 0 Å². The fraction of sp³-hybridized carbons (Fsp3) is 1.00. The van der Waals surface area contributed by atoms with E-state index in [0.29, 0.717) is 19.3 Å². The van der Waals surface area contributed by atoms with E-state index in [1.807, 2.05) is 0 Å². The fourth-order valence-corrected chi connectivity index (χ4v) is 7.80. The molecule has 10 atom stereocenters. The molecular formula is C20H34O6. The highest BCUT2D eigenvalue weighted by Gasteiger charge is 2.76. The first kappa shape index (κ1) is 19.1. The summed E-state index contributed by atoms with van der Waals surface area (Å²) in [6, 6.07) is 0. The van der Waals surface area contributed by atoms with Gasteiger partial charge in [0.2, 0.25) is 0 Å². The Hall–Kier alpha value is -0.240. The minimum Gasteiger partial charge on any atom is -0.392 e. The van der Waals surface area contributed by atoms with Crippen LogP contribution in [0.25, 0.3) is 0 Å². The van der Waals surface area contributed by atoms with Gasteiger partial charge in [-0.3, -0.25) is 0 Å². The van der Waals surface area contributed by atoms with Crippen molar-refractivity contribution in [2.24, 2.45) is 28.6 Å². The number of fused-ring (bicyclic) bond motifs is 2. The van der Waals surface area contributed by atoms with Crippen LogP contribution in [-0.4, -0.2) is 65.8 Å². The smallest absolute Gasteiger partial charge is 0.104 e. The molecule has 0 saturated heterocycles. The molecule has 0 heterocycles. The lowest BCUT2D eigenvalue weighted by atomic mass is 9.57. The molecular weight excluding hydrogens is 336 g/mol. The van der Waals surface area contributed by atoms with Crippen molar-refractivity contribution >= 4 is 0 Å². The van der Waals surface area contributed by atoms with Gasteiger partial charge in [0.1, 0.15) is 5.60 Å². The van der Waals surface area contributed by atoms with Crippen LogP contribution in [0.5, 0.6) is 0 Å². The molecule has 4 aliphatic rings. The van der Waals surface area contributed by atoms with Crippen molar-refractivity contribution in [3.8, 4) is 0 Å². The first-order chi connectivity index (χ1) is 11.7. The highest BCUT2D eigenvalue weighted by Crippen LogP contribution is 2.69. The van der Waals surface area contributed by atoms with Gasteiger partial charge in [-0.2, -0.15) is 0 Å². The highest BCUT2D eigenvalue weighted by atomic mass is 16.4. The number of rotatable bonds is 0. The second-order valence-corrected chi connectivity index (χ2v) is 10.7. The second-order valence-electron chi connectivity index (χ2n) is 10.7. The topological polar surface area (TPSA) is 121 Å². The Kier molecular flexibility index (Phi) is 3.69. The van der Waals surface area contributed by atoms with Crippen LogP contribution in [0.3, 0.4) is 0 Å². The standard InChI is InChI=1S/C20H34O6/c1-16(2)13(21)7-12-18(4,25)11-6-5-10-15(23)19(11,9-17(10,3)24)8-14(22)20(12,16)26/h10-15,21-26H,5-9H2,1-4H3/t10?,11-,12-,13+,14-,15-,17+,18+,19?,20-/m0/s1. The van der Waals surface area contributed by atoms with E-state index < -0.39 is 51.9 Å². The Morgan fingerprint density at radius 3 is 2.04 bits per heavy atom. The monoisotopic (exact) mass is 370 g/mol. The molecule has 0 aromatic heterocycles. The van der Waals surface area contributed by atoms with Crippen LogP contribution in [0.4, 0.5) is 0 Å². The first-order valence-electron chi connectivity index (χ1n) is 9.94. The fourth-order valence-electron chi connectivity index (χ4n) is 7.80. The normalized spacial score (nSPS) is 63.9. The van der Waals surface area contributed by atoms with Gasteiger partial charge < -0.3 is 30.6 Å². The van der Waals surface area contributed by atoms with E-state index in [0.717, 1.165) is 0 Å². The molecule has 6 heteroatoms. The lowest BCUT2D eigenvalue weighted by Gasteiger charge is -2.51. The van der Waals surface area contributed by atoms with Crippen molar-refractivity contribution in [2.45, 2.75) is 94.9 Å². The van der Waals surface area contributed by atoms with Gasteiger partial charge in [0.15, 0.2) is 0 Å². The predicted molar refractivity (Wildman–Crippen MR) is 94.0 cm³/mol. The van der Waals surface area contributed by atoms with E-state index in [2.05, 4.69) is 0 Å². The molecule has 0 radical (unpaired) electrons. The Labute approximate surface area is 154 Å². The Morgan fingerprint density at radius 2 is 1.42 bits per heavy atom. The molecule has 2 bridgehead atoms. The van der Waals surface area contributed by atoms with E-state index in [9.17, 15) is 30.6 Å². The van der Waals surface area contributed by atoms with E-state index in [4.69, 9.17) is 0 Å². The summed E-state index contributed by atoms with van der Waals surface area (Å²) in [6.45, 7) is 6.87. The molecule has 6 N–H and O–H groups in total. The maximum absolute atomic E-state index is 11.7. The van der Waals surface area contributed by atoms with Crippen LogP contribution in [0.2, 0.25) is 0 Å². The molecule has 26 heavy (non-hydrogen) atoms. The molecule has 0 aromatic rings. The van der Waals surface area contributed by atoms with Gasteiger partial charge in [-0.15, -0.1) is 0 Å². The predicted octanol–water partition coefficient (Wildman–Crippen LogP) is 0.168. The molecule has 4 aliphatic carbocycles. The van der Waals surface area contributed by atoms with Crippen LogP contribution in [0, 0.1) is 28.6 Å². The zero-order valence-electron chi connectivity index (χ0n) is 16.2.